The molecule has 13 heavy (non-hydrogen) atoms. The summed E-state index contributed by atoms with van der Waals surface area (Å²) in [6.07, 6.45) is 3.53. The van der Waals surface area contributed by atoms with Crippen LogP contribution in [0, 0.1) is 0 Å². The molecule has 0 radical (unpaired) electrons. The van der Waals surface area contributed by atoms with Crippen LogP contribution in [0.15, 0.2) is 18.2 Å². The molecule has 0 aromatic heterocycles. The normalized spacial score (nSPS) is 26.0. The van der Waals surface area contributed by atoms with Crippen molar-refractivity contribution in [2.45, 2.75) is 38.5 Å². The molecule has 0 fully saturated rings. The molecule has 0 bridgehead atoms. The van der Waals surface area contributed by atoms with Crippen molar-refractivity contribution >= 4 is 0 Å². The smallest absolute Gasteiger partial charge is 0.115 e. The van der Waals surface area contributed by atoms with Gasteiger partial charge in [0.1, 0.15) is 5.75 Å². The average molecular weight is 176 g/mol. The molecule has 0 saturated heterocycles. The maximum absolute atomic E-state index is 9.34. The van der Waals surface area contributed by atoms with Gasteiger partial charge in [0.15, 0.2) is 0 Å². The van der Waals surface area contributed by atoms with Crippen LogP contribution in [-0.2, 0) is 11.8 Å². The number of hydrogen-bond donors (Lipinski definition) is 1. The summed E-state index contributed by atoms with van der Waals surface area (Å²) in [6, 6.07) is 5.80. The predicted octanol–water partition coefficient (Wildman–Crippen LogP) is 3.01. The molecular weight excluding hydrogens is 160 g/mol. The third-order valence-corrected chi connectivity index (χ3v) is 3.47. The van der Waals surface area contributed by atoms with Gasteiger partial charge in [0, 0.05) is 0 Å². The highest BCUT2D eigenvalue weighted by Crippen LogP contribution is 2.41. The summed E-state index contributed by atoms with van der Waals surface area (Å²) >= 11 is 0. The molecule has 1 aliphatic rings. The van der Waals surface area contributed by atoms with E-state index in [-0.39, 0.29) is 0 Å². The maximum atomic E-state index is 9.34. The summed E-state index contributed by atoms with van der Waals surface area (Å²) in [4.78, 5) is 0. The number of fused-ring (bicyclic) bond motifs is 1. The highest BCUT2D eigenvalue weighted by atomic mass is 16.3. The van der Waals surface area contributed by atoms with Gasteiger partial charge < -0.3 is 5.11 Å². The van der Waals surface area contributed by atoms with Crippen molar-refractivity contribution in [1.82, 2.24) is 0 Å². The fourth-order valence-electron chi connectivity index (χ4n) is 2.29. The molecular formula is C12H16O. The second-order valence-corrected chi connectivity index (χ2v) is 4.26. The van der Waals surface area contributed by atoms with Crippen LogP contribution in [0.1, 0.15) is 37.8 Å². The molecule has 1 heteroatoms. The minimum Gasteiger partial charge on any atom is -0.508 e. The van der Waals surface area contributed by atoms with Crippen LogP contribution >= 0.6 is 0 Å². The first-order valence-electron chi connectivity index (χ1n) is 4.98. The Kier molecular flexibility index (Phi) is 1.83. The van der Waals surface area contributed by atoms with Crippen LogP contribution in [0.5, 0.6) is 5.75 Å². The summed E-state index contributed by atoms with van der Waals surface area (Å²) in [5.41, 5.74) is 3.13. The van der Waals surface area contributed by atoms with Gasteiger partial charge >= 0.3 is 0 Å². The second-order valence-electron chi connectivity index (χ2n) is 4.26. The molecule has 1 unspecified atom stereocenters. The number of hydrogen-bond acceptors (Lipinski definition) is 1. The highest BCUT2D eigenvalue weighted by molar-refractivity contribution is 5.43. The molecule has 1 atom stereocenters. The van der Waals surface area contributed by atoms with Crippen LogP contribution in [-0.4, -0.2) is 5.11 Å². The van der Waals surface area contributed by atoms with Crippen LogP contribution in [0.3, 0.4) is 0 Å². The first-order chi connectivity index (χ1) is 6.15. The number of aryl methyl sites for hydroxylation is 1. The molecule has 0 spiro atoms. The monoisotopic (exact) mass is 176 g/mol. The average Bonchev–Trinajstić information content (AvgIpc) is 2.45. The molecule has 1 aromatic carbocycles. The van der Waals surface area contributed by atoms with E-state index in [1.807, 2.05) is 6.07 Å². The van der Waals surface area contributed by atoms with Crippen LogP contribution in [0.25, 0.3) is 0 Å². The van der Waals surface area contributed by atoms with Crippen molar-refractivity contribution in [3.8, 4) is 5.75 Å². The zero-order chi connectivity index (χ0) is 9.47. The number of rotatable bonds is 1. The van der Waals surface area contributed by atoms with E-state index in [9.17, 15) is 5.11 Å². The summed E-state index contributed by atoms with van der Waals surface area (Å²) in [6.45, 7) is 4.55. The van der Waals surface area contributed by atoms with Crippen molar-refractivity contribution in [2.24, 2.45) is 0 Å². The van der Waals surface area contributed by atoms with Crippen molar-refractivity contribution < 1.29 is 5.11 Å². The van der Waals surface area contributed by atoms with Crippen molar-refractivity contribution in [3.63, 3.8) is 0 Å². The number of benzene rings is 1. The lowest BCUT2D eigenvalue weighted by Crippen LogP contribution is -2.15. The standard InChI is InChI=1S/C12H16O/c1-3-12(2)7-6-9-8-10(13)4-5-11(9)12/h4-5,8,13H,3,6-7H2,1-2H3. The maximum Gasteiger partial charge on any atom is 0.115 e. The van der Waals surface area contributed by atoms with Gasteiger partial charge in [-0.25, -0.2) is 0 Å². The SMILES string of the molecule is CCC1(C)CCc2cc(O)ccc21. The van der Waals surface area contributed by atoms with E-state index in [1.165, 1.54) is 24.0 Å². The van der Waals surface area contributed by atoms with E-state index in [0.29, 0.717) is 11.2 Å². The Morgan fingerprint density at radius 1 is 1.46 bits per heavy atom. The lowest BCUT2D eigenvalue weighted by Gasteiger charge is -2.23. The van der Waals surface area contributed by atoms with Crippen LogP contribution in [0.4, 0.5) is 0 Å². The number of aromatic hydroxyl groups is 1. The van der Waals surface area contributed by atoms with Gasteiger partial charge in [0.05, 0.1) is 0 Å². The van der Waals surface area contributed by atoms with E-state index in [0.717, 1.165) is 6.42 Å². The van der Waals surface area contributed by atoms with Gasteiger partial charge in [-0.2, -0.15) is 0 Å². The lowest BCUT2D eigenvalue weighted by molar-refractivity contribution is 0.452. The van der Waals surface area contributed by atoms with Crippen molar-refractivity contribution in [1.29, 1.82) is 0 Å². The fourth-order valence-corrected chi connectivity index (χ4v) is 2.29. The van der Waals surface area contributed by atoms with Gasteiger partial charge in [-0.05, 0) is 47.9 Å². The van der Waals surface area contributed by atoms with E-state index in [4.69, 9.17) is 0 Å². The highest BCUT2D eigenvalue weighted by Gasteiger charge is 2.32. The van der Waals surface area contributed by atoms with Crippen molar-refractivity contribution in [2.75, 3.05) is 0 Å². The van der Waals surface area contributed by atoms with Gasteiger partial charge in [0.2, 0.25) is 0 Å². The van der Waals surface area contributed by atoms with E-state index in [1.54, 1.807) is 6.07 Å². The predicted molar refractivity (Wildman–Crippen MR) is 54.1 cm³/mol. The lowest BCUT2D eigenvalue weighted by atomic mass is 9.82. The Hall–Kier alpha value is -0.980. The Morgan fingerprint density at radius 2 is 2.23 bits per heavy atom. The third kappa shape index (κ3) is 1.23. The molecule has 1 aromatic rings. The minimum atomic E-state index is 0.350. The summed E-state index contributed by atoms with van der Waals surface area (Å²) < 4.78 is 0. The summed E-state index contributed by atoms with van der Waals surface area (Å²) in [7, 11) is 0. The van der Waals surface area contributed by atoms with Gasteiger partial charge in [-0.3, -0.25) is 0 Å². The zero-order valence-corrected chi connectivity index (χ0v) is 8.30. The zero-order valence-electron chi connectivity index (χ0n) is 8.30. The second kappa shape index (κ2) is 2.76. The van der Waals surface area contributed by atoms with E-state index >= 15 is 0 Å². The van der Waals surface area contributed by atoms with Crippen LogP contribution < -0.4 is 0 Å². The first kappa shape index (κ1) is 8.61. The van der Waals surface area contributed by atoms with Crippen molar-refractivity contribution in [3.05, 3.63) is 29.3 Å². The quantitative estimate of drug-likeness (QED) is 0.697. The molecule has 1 N–H and O–H groups in total. The Balaban J connectivity index is 2.49. The molecule has 0 saturated carbocycles. The largest absolute Gasteiger partial charge is 0.508 e. The van der Waals surface area contributed by atoms with Crippen LogP contribution in [0.2, 0.25) is 0 Å². The summed E-state index contributed by atoms with van der Waals surface area (Å²) in [5, 5.41) is 9.34. The molecule has 70 valence electrons. The third-order valence-electron chi connectivity index (χ3n) is 3.47. The van der Waals surface area contributed by atoms with Gasteiger partial charge in [0.25, 0.3) is 0 Å². The Bertz CT molecular complexity index is 330. The molecule has 0 aliphatic heterocycles. The number of phenols is 1. The molecule has 1 aliphatic carbocycles. The summed E-state index contributed by atoms with van der Waals surface area (Å²) in [5.74, 6) is 0.402. The van der Waals surface area contributed by atoms with Gasteiger partial charge in [-0.1, -0.05) is 19.9 Å². The Morgan fingerprint density at radius 3 is 2.92 bits per heavy atom. The molecule has 0 heterocycles. The molecule has 0 amide bonds. The Labute approximate surface area is 79.4 Å². The minimum absolute atomic E-state index is 0.350. The fraction of sp³-hybridized carbons (Fsp3) is 0.500. The first-order valence-corrected chi connectivity index (χ1v) is 4.98. The van der Waals surface area contributed by atoms with E-state index < -0.39 is 0 Å². The van der Waals surface area contributed by atoms with E-state index in [2.05, 4.69) is 19.9 Å². The number of phenolic OH excluding ortho intramolecular Hbond substituents is 1. The molecule has 1 nitrogen and oxygen atoms in total. The topological polar surface area (TPSA) is 20.2 Å². The van der Waals surface area contributed by atoms with Gasteiger partial charge in [-0.15, -0.1) is 0 Å². The molecule has 2 rings (SSSR count).